The summed E-state index contributed by atoms with van der Waals surface area (Å²) >= 11 is 1.26. The minimum absolute atomic E-state index is 0.0322. The minimum atomic E-state index is -0.912. The van der Waals surface area contributed by atoms with Gasteiger partial charge in [-0.1, -0.05) is 23.5 Å². The van der Waals surface area contributed by atoms with Crippen molar-refractivity contribution in [3.63, 3.8) is 0 Å². The van der Waals surface area contributed by atoms with Crippen LogP contribution >= 0.6 is 11.3 Å². The Morgan fingerprint density at radius 2 is 1.56 bits per heavy atom. The van der Waals surface area contributed by atoms with Crippen molar-refractivity contribution in [3.8, 4) is 17.2 Å². The third-order valence-corrected chi connectivity index (χ3v) is 7.03. The van der Waals surface area contributed by atoms with Gasteiger partial charge in [-0.15, -0.1) is 0 Å². The summed E-state index contributed by atoms with van der Waals surface area (Å²) in [6.07, 6.45) is 0. The van der Waals surface area contributed by atoms with Gasteiger partial charge in [0.1, 0.15) is 23.0 Å². The van der Waals surface area contributed by atoms with E-state index in [1.807, 2.05) is 6.07 Å². The van der Waals surface area contributed by atoms with Crippen LogP contribution in [0.25, 0.3) is 16.0 Å². The summed E-state index contributed by atoms with van der Waals surface area (Å²) < 4.78 is 16.7. The Hall–Kier alpha value is -4.37. The molecule has 0 saturated carbocycles. The molecular weight excluding hydrogens is 480 g/mol. The number of nitrogens with zero attached hydrogens (tertiary/aromatic N) is 2. The van der Waals surface area contributed by atoms with Gasteiger partial charge < -0.3 is 19.3 Å². The van der Waals surface area contributed by atoms with E-state index in [2.05, 4.69) is 4.98 Å². The Balaban J connectivity index is 1.71. The van der Waals surface area contributed by atoms with Gasteiger partial charge >= 0.3 is 5.91 Å². The molecule has 4 aromatic rings. The molecule has 36 heavy (non-hydrogen) atoms. The number of aromatic nitrogens is 1. The average Bonchev–Trinajstić information content (AvgIpc) is 3.45. The Morgan fingerprint density at radius 3 is 2.25 bits per heavy atom. The molecule has 1 fully saturated rings. The average molecular weight is 503 g/mol. The van der Waals surface area contributed by atoms with Crippen molar-refractivity contribution in [2.75, 3.05) is 26.2 Å². The Morgan fingerprint density at radius 1 is 0.889 bits per heavy atom. The maximum Gasteiger partial charge on any atom is 0.301 e. The number of aliphatic hydroxyl groups is 1. The number of hydrogen-bond acceptors (Lipinski definition) is 8. The van der Waals surface area contributed by atoms with Gasteiger partial charge in [0.05, 0.1) is 43.2 Å². The van der Waals surface area contributed by atoms with Crippen LogP contribution in [0.5, 0.6) is 17.2 Å². The molecule has 3 aromatic carbocycles. The fourth-order valence-corrected chi connectivity index (χ4v) is 5.20. The second-order valence-electron chi connectivity index (χ2n) is 8.00. The molecule has 1 aromatic heterocycles. The number of thiazole rings is 1. The SMILES string of the molecule is COc1ccc(C(O)=C2C(=O)C(=O)N(c3nc4ccc(OC)cc4s3)C2c2cccc(OC)c2)cc1. The Labute approximate surface area is 211 Å². The number of ketones is 1. The number of ether oxygens (including phenoxy) is 3. The highest BCUT2D eigenvalue weighted by Gasteiger charge is 2.48. The summed E-state index contributed by atoms with van der Waals surface area (Å²) in [4.78, 5) is 32.7. The van der Waals surface area contributed by atoms with Crippen molar-refractivity contribution in [3.05, 3.63) is 83.4 Å². The van der Waals surface area contributed by atoms with Crippen LogP contribution in [-0.4, -0.2) is 43.1 Å². The zero-order valence-corrected chi connectivity index (χ0v) is 20.5. The number of methoxy groups -OCH3 is 3. The van der Waals surface area contributed by atoms with E-state index in [0.29, 0.717) is 39.0 Å². The van der Waals surface area contributed by atoms with E-state index >= 15 is 0 Å². The number of carbonyl (C=O) groups excluding carboxylic acids is 2. The third-order valence-electron chi connectivity index (χ3n) is 6.01. The lowest BCUT2D eigenvalue weighted by atomic mass is 9.95. The zero-order valence-electron chi connectivity index (χ0n) is 19.7. The van der Waals surface area contributed by atoms with Crippen molar-refractivity contribution in [1.82, 2.24) is 4.98 Å². The first-order chi connectivity index (χ1) is 17.4. The molecule has 5 rings (SSSR count). The van der Waals surface area contributed by atoms with Crippen LogP contribution in [0.3, 0.4) is 0 Å². The highest BCUT2D eigenvalue weighted by molar-refractivity contribution is 7.22. The van der Waals surface area contributed by atoms with E-state index in [4.69, 9.17) is 14.2 Å². The van der Waals surface area contributed by atoms with Crippen LogP contribution in [0.4, 0.5) is 5.13 Å². The van der Waals surface area contributed by atoms with Gasteiger partial charge in [-0.2, -0.15) is 0 Å². The molecule has 1 saturated heterocycles. The monoisotopic (exact) mass is 502 g/mol. The number of rotatable bonds is 6. The van der Waals surface area contributed by atoms with Gasteiger partial charge in [0.25, 0.3) is 5.78 Å². The normalized spacial score (nSPS) is 17.0. The van der Waals surface area contributed by atoms with E-state index in [1.54, 1.807) is 67.8 Å². The van der Waals surface area contributed by atoms with Gasteiger partial charge in [-0.3, -0.25) is 14.5 Å². The molecule has 1 atom stereocenters. The van der Waals surface area contributed by atoms with Crippen LogP contribution in [0.1, 0.15) is 17.2 Å². The standard InChI is InChI=1S/C27H22N2O6S/c1-33-17-9-7-15(8-10-17)24(30)22-23(16-5-4-6-18(13-16)34-2)29(26(32)25(22)31)27-28-20-12-11-19(35-3)14-21(20)36-27/h4-14,23,30H,1-3H3. The highest BCUT2D eigenvalue weighted by atomic mass is 32.1. The predicted octanol–water partition coefficient (Wildman–Crippen LogP) is 4.95. The Bertz CT molecular complexity index is 1510. The molecule has 0 spiro atoms. The van der Waals surface area contributed by atoms with E-state index < -0.39 is 17.7 Å². The smallest absolute Gasteiger partial charge is 0.301 e. The van der Waals surface area contributed by atoms with Gasteiger partial charge in [0.15, 0.2) is 5.13 Å². The summed E-state index contributed by atoms with van der Waals surface area (Å²) in [6.45, 7) is 0. The topological polar surface area (TPSA) is 98.2 Å². The highest BCUT2D eigenvalue weighted by Crippen LogP contribution is 2.45. The van der Waals surface area contributed by atoms with Crippen LogP contribution in [0.2, 0.25) is 0 Å². The summed E-state index contributed by atoms with van der Waals surface area (Å²) in [5.41, 5.74) is 1.61. The van der Waals surface area contributed by atoms with E-state index in [0.717, 1.165) is 4.70 Å². The fourth-order valence-electron chi connectivity index (χ4n) is 4.18. The number of carbonyl (C=O) groups is 2. The van der Waals surface area contributed by atoms with Crippen LogP contribution in [0, 0.1) is 0 Å². The van der Waals surface area contributed by atoms with Crippen LogP contribution < -0.4 is 19.1 Å². The molecule has 1 amide bonds. The molecule has 1 aliphatic heterocycles. The quantitative estimate of drug-likeness (QED) is 0.226. The third kappa shape index (κ3) is 3.93. The molecule has 182 valence electrons. The predicted molar refractivity (Wildman–Crippen MR) is 137 cm³/mol. The lowest BCUT2D eigenvalue weighted by Gasteiger charge is -2.23. The largest absolute Gasteiger partial charge is 0.507 e. The second-order valence-corrected chi connectivity index (χ2v) is 9.01. The number of benzene rings is 3. The zero-order chi connectivity index (χ0) is 25.4. The minimum Gasteiger partial charge on any atom is -0.507 e. The number of anilines is 1. The number of fused-ring (bicyclic) bond motifs is 1. The summed E-state index contributed by atoms with van der Waals surface area (Å²) in [5.74, 6) is -0.0487. The molecule has 1 aliphatic rings. The lowest BCUT2D eigenvalue weighted by molar-refractivity contribution is -0.132. The first-order valence-corrected chi connectivity index (χ1v) is 11.8. The van der Waals surface area contributed by atoms with Crippen molar-refractivity contribution in [2.24, 2.45) is 0 Å². The molecule has 9 heteroatoms. The summed E-state index contributed by atoms with van der Waals surface area (Å²) in [7, 11) is 4.65. The first-order valence-electron chi connectivity index (χ1n) is 11.0. The number of aliphatic hydroxyl groups excluding tert-OH is 1. The number of Topliss-reactive ketones (excluding diaryl/α,β-unsaturated/α-hetero) is 1. The first kappa shape index (κ1) is 23.4. The van der Waals surface area contributed by atoms with Gasteiger partial charge in [0.2, 0.25) is 0 Å². The Kier molecular flexibility index (Phi) is 6.07. The molecule has 1 N–H and O–H groups in total. The van der Waals surface area contributed by atoms with Crippen molar-refractivity contribution in [2.45, 2.75) is 6.04 Å². The van der Waals surface area contributed by atoms with Crippen LogP contribution in [-0.2, 0) is 9.59 Å². The lowest BCUT2D eigenvalue weighted by Crippen LogP contribution is -2.29. The molecule has 0 radical (unpaired) electrons. The second kappa shape index (κ2) is 9.35. The van der Waals surface area contributed by atoms with Crippen molar-refractivity contribution >= 4 is 44.1 Å². The van der Waals surface area contributed by atoms with Gasteiger partial charge in [-0.25, -0.2) is 4.98 Å². The molecule has 0 aliphatic carbocycles. The fraction of sp³-hybridized carbons (Fsp3) is 0.148. The van der Waals surface area contributed by atoms with Gasteiger partial charge in [-0.05, 0) is 60.2 Å². The number of amides is 1. The van der Waals surface area contributed by atoms with Crippen molar-refractivity contribution < 1.29 is 28.9 Å². The molecular formula is C27H22N2O6S. The summed E-state index contributed by atoms with van der Waals surface area (Å²) in [6, 6.07) is 18.2. The van der Waals surface area contributed by atoms with E-state index in [-0.39, 0.29) is 11.3 Å². The molecule has 1 unspecified atom stereocenters. The van der Waals surface area contributed by atoms with Crippen molar-refractivity contribution in [1.29, 1.82) is 0 Å². The molecule has 0 bridgehead atoms. The molecule has 2 heterocycles. The maximum absolute atomic E-state index is 13.4. The van der Waals surface area contributed by atoms with Gasteiger partial charge in [0, 0.05) is 5.56 Å². The summed E-state index contributed by atoms with van der Waals surface area (Å²) in [5, 5.41) is 11.6. The van der Waals surface area contributed by atoms with Crippen LogP contribution in [0.15, 0.2) is 72.3 Å². The number of hydrogen-bond donors (Lipinski definition) is 1. The van der Waals surface area contributed by atoms with E-state index in [9.17, 15) is 14.7 Å². The molecule has 8 nitrogen and oxygen atoms in total. The van der Waals surface area contributed by atoms with E-state index in [1.165, 1.54) is 30.5 Å². The maximum atomic E-state index is 13.4.